The molecule has 2 aliphatic carbocycles. The van der Waals surface area contributed by atoms with Crippen molar-refractivity contribution >= 4 is 28.5 Å². The summed E-state index contributed by atoms with van der Waals surface area (Å²) in [7, 11) is 0. The lowest BCUT2D eigenvalue weighted by molar-refractivity contribution is -0.139. The molecule has 7 nitrogen and oxygen atoms in total. The van der Waals surface area contributed by atoms with E-state index in [1.54, 1.807) is 73.4 Å². The number of aliphatic hydroxyl groups is 2. The standard InChI is InChI=1S/C55H46F6N2O5/c56-54(57,58)45-21-9-7-19-39(45)41-29-47(37-17-11-25-62-33-37)52(23-27-64,31-43(41)49(66)35-13-3-1-4-14-35)51(68)53(24-28-65)32-44(50(67)36-15-5-2-6-16-36)42(30-48(53)38-18-12-26-63-34-38)40-20-8-10-22-46(40)55(59,60)61/h1-16,19-22,25-26,29-34,47-48,62-65H,17-18,23-24,27-28H2. The molecule has 8 rings (SSSR count). The molecule has 4 atom stereocenters. The van der Waals surface area contributed by atoms with E-state index in [2.05, 4.69) is 10.6 Å². The molecule has 4 aliphatic rings. The number of Topliss-reactive ketones (excluding diaryl/α,β-unsaturated/α-hetero) is 3. The van der Waals surface area contributed by atoms with E-state index >= 15 is 14.4 Å². The van der Waals surface area contributed by atoms with E-state index in [9.17, 15) is 36.6 Å². The van der Waals surface area contributed by atoms with E-state index in [4.69, 9.17) is 0 Å². The highest BCUT2D eigenvalue weighted by Gasteiger charge is 2.58. The van der Waals surface area contributed by atoms with Crippen molar-refractivity contribution in [1.29, 1.82) is 0 Å². The van der Waals surface area contributed by atoms with E-state index in [0.717, 1.165) is 12.1 Å². The Hall–Kier alpha value is -7.09. The van der Waals surface area contributed by atoms with Crippen LogP contribution in [0.15, 0.2) is 193 Å². The maximum Gasteiger partial charge on any atom is 0.417 e. The van der Waals surface area contributed by atoms with Crippen LogP contribution >= 0.6 is 0 Å². The number of halogens is 6. The average molecular weight is 929 g/mol. The Bertz CT molecular complexity index is 2680. The van der Waals surface area contributed by atoms with Crippen molar-refractivity contribution in [3.8, 4) is 0 Å². The van der Waals surface area contributed by atoms with E-state index in [1.807, 2.05) is 0 Å². The van der Waals surface area contributed by atoms with Crippen molar-refractivity contribution in [2.75, 3.05) is 13.2 Å². The summed E-state index contributed by atoms with van der Waals surface area (Å²) in [5.41, 5.74) is -6.37. The summed E-state index contributed by atoms with van der Waals surface area (Å²) in [5.74, 6) is -4.54. The Balaban J connectivity index is 1.47. The van der Waals surface area contributed by atoms with Crippen LogP contribution in [-0.2, 0) is 17.1 Å². The number of nitrogens with one attached hydrogen (secondary N) is 2. The minimum Gasteiger partial charge on any atom is -0.396 e. The second-order valence-electron chi connectivity index (χ2n) is 17.1. The summed E-state index contributed by atoms with van der Waals surface area (Å²) in [6.07, 6.45) is 5.40. The van der Waals surface area contributed by atoms with Gasteiger partial charge in [-0.15, -0.1) is 0 Å². The molecule has 0 saturated heterocycles. The number of ketones is 3. The molecule has 13 heteroatoms. The predicted molar refractivity (Wildman–Crippen MR) is 247 cm³/mol. The van der Waals surface area contributed by atoms with E-state index in [-0.39, 0.29) is 57.4 Å². The lowest BCUT2D eigenvalue weighted by Crippen LogP contribution is -2.53. The fraction of sp³-hybridized carbons (Fsp3) is 0.218. The Labute approximate surface area is 389 Å². The minimum absolute atomic E-state index is 0.0943. The Morgan fingerprint density at radius 1 is 0.544 bits per heavy atom. The number of benzene rings is 4. The van der Waals surface area contributed by atoms with Gasteiger partial charge in [0.1, 0.15) is 0 Å². The molecule has 68 heavy (non-hydrogen) atoms. The molecule has 0 radical (unpaired) electrons. The molecular weight excluding hydrogens is 883 g/mol. The van der Waals surface area contributed by atoms with Gasteiger partial charge in [0.05, 0.1) is 22.0 Å². The van der Waals surface area contributed by atoms with Crippen molar-refractivity contribution in [2.45, 2.75) is 38.0 Å². The number of hydrogen-bond donors (Lipinski definition) is 4. The molecule has 0 saturated carbocycles. The Morgan fingerprint density at radius 3 is 1.25 bits per heavy atom. The summed E-state index contributed by atoms with van der Waals surface area (Å²) in [4.78, 5) is 47.0. The SMILES string of the molecule is O=C(C1=CC(CCO)(C(=O)C2(CCO)C=C(C(=O)c3ccccc3)C(c3ccccc3C(F)(F)F)=CC2C2=CNC=CC2)C(C2=CNC=CC2)C=C1c1ccccc1C(F)(F)F)c1ccccc1. The highest BCUT2D eigenvalue weighted by molar-refractivity contribution is 6.22. The van der Waals surface area contributed by atoms with E-state index < -0.39 is 89.6 Å². The highest BCUT2D eigenvalue weighted by Crippen LogP contribution is 2.58. The van der Waals surface area contributed by atoms with Gasteiger partial charge < -0.3 is 20.8 Å². The monoisotopic (exact) mass is 928 g/mol. The number of dihydropyridines is 2. The molecule has 2 heterocycles. The molecular formula is C55H46F6N2O5. The molecule has 4 aromatic rings. The Morgan fingerprint density at radius 2 is 0.912 bits per heavy atom. The quantitative estimate of drug-likeness (QED) is 0.0735. The van der Waals surface area contributed by atoms with Crippen molar-refractivity contribution in [1.82, 2.24) is 10.6 Å². The summed E-state index contributed by atoms with van der Waals surface area (Å²) < 4.78 is 89.9. The molecule has 0 amide bonds. The van der Waals surface area contributed by atoms with Crippen molar-refractivity contribution in [3.63, 3.8) is 0 Å². The average Bonchev–Trinajstić information content (AvgIpc) is 3.36. The van der Waals surface area contributed by atoms with Gasteiger partial charge in [-0.3, -0.25) is 14.4 Å². The summed E-state index contributed by atoms with van der Waals surface area (Å²) in [5, 5.41) is 28.4. The van der Waals surface area contributed by atoms with Crippen molar-refractivity contribution in [2.24, 2.45) is 22.7 Å². The second kappa shape index (κ2) is 19.3. The van der Waals surface area contributed by atoms with Gasteiger partial charge in [0.15, 0.2) is 17.3 Å². The fourth-order valence-corrected chi connectivity index (χ4v) is 10.1. The first-order chi connectivity index (χ1) is 32.6. The van der Waals surface area contributed by atoms with Crippen LogP contribution in [0.25, 0.3) is 11.1 Å². The number of allylic oxidation sites excluding steroid dienone is 12. The molecule has 0 spiro atoms. The van der Waals surface area contributed by atoms with Crippen LogP contribution in [-0.4, -0.2) is 40.8 Å². The minimum atomic E-state index is -4.88. The number of carbonyl (C=O) groups excluding carboxylic acids is 3. The van der Waals surface area contributed by atoms with E-state index in [0.29, 0.717) is 11.1 Å². The smallest absolute Gasteiger partial charge is 0.396 e. The van der Waals surface area contributed by atoms with Crippen LogP contribution in [0.1, 0.15) is 68.7 Å². The molecule has 348 valence electrons. The van der Waals surface area contributed by atoms with Gasteiger partial charge in [0.25, 0.3) is 0 Å². The maximum absolute atomic E-state index is 16.9. The van der Waals surface area contributed by atoms with Crippen LogP contribution in [0, 0.1) is 22.7 Å². The lowest BCUT2D eigenvalue weighted by Gasteiger charge is -2.50. The summed E-state index contributed by atoms with van der Waals surface area (Å²) >= 11 is 0. The second-order valence-corrected chi connectivity index (χ2v) is 17.1. The van der Waals surface area contributed by atoms with Gasteiger partial charge in [0, 0.05) is 59.7 Å². The third-order valence-electron chi connectivity index (χ3n) is 13.1. The lowest BCUT2D eigenvalue weighted by atomic mass is 9.51. The highest BCUT2D eigenvalue weighted by atomic mass is 19.4. The number of alkyl halides is 6. The van der Waals surface area contributed by atoms with E-state index in [1.165, 1.54) is 85.0 Å². The zero-order valence-electron chi connectivity index (χ0n) is 36.5. The summed E-state index contributed by atoms with van der Waals surface area (Å²) in [6.45, 7) is -1.37. The van der Waals surface area contributed by atoms with Crippen LogP contribution in [0.4, 0.5) is 26.3 Å². The maximum atomic E-state index is 16.9. The summed E-state index contributed by atoms with van der Waals surface area (Å²) in [6, 6.07) is 25.2. The van der Waals surface area contributed by atoms with Gasteiger partial charge in [-0.25, -0.2) is 0 Å². The first-order valence-electron chi connectivity index (χ1n) is 22.0. The molecule has 4 unspecified atom stereocenters. The largest absolute Gasteiger partial charge is 0.417 e. The van der Waals surface area contributed by atoms with Gasteiger partial charge in [-0.05, 0) is 83.6 Å². The zero-order chi connectivity index (χ0) is 48.3. The number of carbonyl (C=O) groups is 3. The first kappa shape index (κ1) is 47.4. The van der Waals surface area contributed by atoms with Crippen molar-refractivity contribution in [3.05, 3.63) is 226 Å². The molecule has 2 aliphatic heterocycles. The molecule has 0 bridgehead atoms. The normalized spacial score (nSPS) is 22.6. The topological polar surface area (TPSA) is 116 Å². The molecule has 0 aromatic heterocycles. The van der Waals surface area contributed by atoms with Gasteiger partial charge in [-0.2, -0.15) is 26.3 Å². The first-order valence-corrected chi connectivity index (χ1v) is 22.0. The van der Waals surface area contributed by atoms with Gasteiger partial charge in [-0.1, -0.05) is 134 Å². The molecule has 0 fully saturated rings. The Kier molecular flexibility index (Phi) is 13.4. The third kappa shape index (κ3) is 8.91. The van der Waals surface area contributed by atoms with Crippen LogP contribution in [0.5, 0.6) is 0 Å². The third-order valence-corrected chi connectivity index (χ3v) is 13.1. The molecule has 4 N–H and O–H groups in total. The van der Waals surface area contributed by atoms with Crippen LogP contribution in [0.2, 0.25) is 0 Å². The molecule has 4 aromatic carbocycles. The van der Waals surface area contributed by atoms with Gasteiger partial charge in [0.2, 0.25) is 0 Å². The van der Waals surface area contributed by atoms with Crippen LogP contribution < -0.4 is 10.6 Å². The predicted octanol–water partition coefficient (Wildman–Crippen LogP) is 11.2. The van der Waals surface area contributed by atoms with Crippen LogP contribution in [0.3, 0.4) is 0 Å². The zero-order valence-corrected chi connectivity index (χ0v) is 36.5. The number of aliphatic hydroxyl groups excluding tert-OH is 2. The van der Waals surface area contributed by atoms with Gasteiger partial charge >= 0.3 is 12.4 Å². The fourth-order valence-electron chi connectivity index (χ4n) is 10.1. The van der Waals surface area contributed by atoms with Crippen molar-refractivity contribution < 1.29 is 50.9 Å². The number of hydrogen-bond acceptors (Lipinski definition) is 7. The number of rotatable bonds is 14.